The lowest BCUT2D eigenvalue weighted by Crippen LogP contribution is -2.45. The van der Waals surface area contributed by atoms with Crippen molar-refractivity contribution in [1.82, 2.24) is 0 Å². The molecule has 4 unspecified atom stereocenters. The Morgan fingerprint density at radius 2 is 1.59 bits per heavy atom. The van der Waals surface area contributed by atoms with Gasteiger partial charge in [0.25, 0.3) is 0 Å². The van der Waals surface area contributed by atoms with E-state index in [2.05, 4.69) is 6.07 Å². The number of rotatable bonds is 2. The van der Waals surface area contributed by atoms with Crippen LogP contribution in [-0.2, 0) is 4.74 Å². The van der Waals surface area contributed by atoms with Crippen molar-refractivity contribution in [1.29, 1.82) is 5.26 Å². The van der Waals surface area contributed by atoms with Crippen molar-refractivity contribution in [3.05, 3.63) is 71.8 Å². The quantitative estimate of drug-likeness (QED) is 0.857. The maximum absolute atomic E-state index is 10.8. The van der Waals surface area contributed by atoms with E-state index in [-0.39, 0.29) is 24.5 Å². The van der Waals surface area contributed by atoms with Gasteiger partial charge in [-0.2, -0.15) is 5.26 Å². The van der Waals surface area contributed by atoms with Crippen LogP contribution in [0.3, 0.4) is 0 Å². The standard InChI is InChI=1S/C19H19NO2/c1-14-18(16-10-6-3-7-11-16)22-17(12-19(14,21)13-20)15-8-4-2-5-9-15/h2-11,14,17-18,21H,12H2,1H3. The van der Waals surface area contributed by atoms with E-state index < -0.39 is 5.60 Å². The Bertz CT molecular complexity index is 665. The summed E-state index contributed by atoms with van der Waals surface area (Å²) < 4.78 is 6.26. The zero-order valence-corrected chi connectivity index (χ0v) is 12.5. The molecule has 2 aromatic rings. The van der Waals surface area contributed by atoms with Gasteiger partial charge in [-0.15, -0.1) is 0 Å². The summed E-state index contributed by atoms with van der Waals surface area (Å²) >= 11 is 0. The van der Waals surface area contributed by atoms with E-state index in [1.807, 2.05) is 67.6 Å². The second-order valence-electron chi connectivity index (χ2n) is 5.90. The molecule has 3 heteroatoms. The van der Waals surface area contributed by atoms with Crippen LogP contribution in [-0.4, -0.2) is 10.7 Å². The van der Waals surface area contributed by atoms with Crippen LogP contribution in [0, 0.1) is 17.2 Å². The molecule has 1 aliphatic rings. The van der Waals surface area contributed by atoms with Crippen LogP contribution in [0.4, 0.5) is 0 Å². The third kappa shape index (κ3) is 2.64. The molecule has 0 spiro atoms. The van der Waals surface area contributed by atoms with E-state index in [4.69, 9.17) is 4.74 Å². The highest BCUT2D eigenvalue weighted by atomic mass is 16.5. The van der Waals surface area contributed by atoms with Crippen LogP contribution in [0.25, 0.3) is 0 Å². The van der Waals surface area contributed by atoms with E-state index in [0.717, 1.165) is 11.1 Å². The molecule has 1 aliphatic heterocycles. The molecule has 0 amide bonds. The summed E-state index contributed by atoms with van der Waals surface area (Å²) in [6.07, 6.45) is -0.296. The van der Waals surface area contributed by atoms with Gasteiger partial charge in [-0.25, -0.2) is 0 Å². The molecule has 22 heavy (non-hydrogen) atoms. The predicted molar refractivity (Wildman–Crippen MR) is 83.8 cm³/mol. The normalized spacial score (nSPS) is 31.4. The van der Waals surface area contributed by atoms with Crippen LogP contribution in [0.1, 0.15) is 36.7 Å². The largest absolute Gasteiger partial charge is 0.375 e. The predicted octanol–water partition coefficient (Wildman–Crippen LogP) is 3.78. The van der Waals surface area contributed by atoms with Crippen LogP contribution >= 0.6 is 0 Å². The molecule has 0 bridgehead atoms. The SMILES string of the molecule is CC1C(c2ccccc2)OC(c2ccccc2)CC1(O)C#N. The van der Waals surface area contributed by atoms with Crippen molar-refractivity contribution in [2.75, 3.05) is 0 Å². The van der Waals surface area contributed by atoms with Gasteiger partial charge >= 0.3 is 0 Å². The van der Waals surface area contributed by atoms with Crippen molar-refractivity contribution in [2.24, 2.45) is 5.92 Å². The highest BCUT2D eigenvalue weighted by molar-refractivity contribution is 5.26. The number of hydrogen-bond acceptors (Lipinski definition) is 3. The minimum Gasteiger partial charge on any atom is -0.375 e. The topological polar surface area (TPSA) is 53.2 Å². The van der Waals surface area contributed by atoms with Gasteiger partial charge in [-0.1, -0.05) is 67.6 Å². The molecule has 1 fully saturated rings. The Kier molecular flexibility index (Phi) is 3.98. The monoisotopic (exact) mass is 293 g/mol. The summed E-state index contributed by atoms with van der Waals surface area (Å²) in [5.41, 5.74) is 0.590. The minimum absolute atomic E-state index is 0.285. The molecule has 1 N–H and O–H groups in total. The van der Waals surface area contributed by atoms with E-state index >= 15 is 0 Å². The number of hydrogen-bond donors (Lipinski definition) is 1. The van der Waals surface area contributed by atoms with Gasteiger partial charge in [0.05, 0.1) is 18.3 Å². The van der Waals surface area contributed by atoms with Crippen molar-refractivity contribution in [3.8, 4) is 6.07 Å². The fourth-order valence-corrected chi connectivity index (χ4v) is 3.08. The molecular weight excluding hydrogens is 274 g/mol. The first kappa shape index (κ1) is 14.8. The second-order valence-corrected chi connectivity index (χ2v) is 5.90. The van der Waals surface area contributed by atoms with Crippen molar-refractivity contribution >= 4 is 0 Å². The van der Waals surface area contributed by atoms with Crippen LogP contribution in [0.5, 0.6) is 0 Å². The lowest BCUT2D eigenvalue weighted by atomic mass is 9.76. The van der Waals surface area contributed by atoms with Gasteiger partial charge in [-0.05, 0) is 11.1 Å². The van der Waals surface area contributed by atoms with Gasteiger partial charge in [0, 0.05) is 12.3 Å². The Hall–Kier alpha value is -2.15. The lowest BCUT2D eigenvalue weighted by Gasteiger charge is -2.43. The van der Waals surface area contributed by atoms with Crippen molar-refractivity contribution in [3.63, 3.8) is 0 Å². The maximum Gasteiger partial charge on any atom is 0.159 e. The van der Waals surface area contributed by atoms with Crippen LogP contribution in [0.15, 0.2) is 60.7 Å². The smallest absolute Gasteiger partial charge is 0.159 e. The Morgan fingerprint density at radius 3 is 2.14 bits per heavy atom. The first-order valence-electron chi connectivity index (χ1n) is 7.53. The molecule has 1 heterocycles. The van der Waals surface area contributed by atoms with E-state index in [9.17, 15) is 10.4 Å². The highest BCUT2D eigenvalue weighted by Gasteiger charge is 2.47. The fourth-order valence-electron chi connectivity index (χ4n) is 3.08. The molecular formula is C19H19NO2. The number of nitriles is 1. The number of nitrogens with zero attached hydrogens (tertiary/aromatic N) is 1. The first-order chi connectivity index (χ1) is 10.6. The zero-order valence-electron chi connectivity index (χ0n) is 12.5. The number of aliphatic hydroxyl groups is 1. The summed E-state index contributed by atoms with van der Waals surface area (Å²) in [4.78, 5) is 0. The molecule has 3 rings (SSSR count). The zero-order chi connectivity index (χ0) is 15.6. The molecule has 4 atom stereocenters. The first-order valence-corrected chi connectivity index (χ1v) is 7.53. The average Bonchev–Trinajstić information content (AvgIpc) is 2.59. The molecule has 0 saturated carbocycles. The van der Waals surface area contributed by atoms with Gasteiger partial charge in [0.15, 0.2) is 5.60 Å². The average molecular weight is 293 g/mol. The van der Waals surface area contributed by atoms with E-state index in [1.54, 1.807) is 0 Å². The molecule has 0 aliphatic carbocycles. The van der Waals surface area contributed by atoms with Gasteiger partial charge in [0.1, 0.15) is 0 Å². The summed E-state index contributed by atoms with van der Waals surface area (Å²) in [6, 6.07) is 21.7. The summed E-state index contributed by atoms with van der Waals surface area (Å²) in [5, 5.41) is 20.3. The summed E-state index contributed by atoms with van der Waals surface area (Å²) in [6.45, 7) is 1.88. The van der Waals surface area contributed by atoms with E-state index in [1.165, 1.54) is 0 Å². The molecule has 0 radical (unpaired) electrons. The molecule has 2 aromatic carbocycles. The highest BCUT2D eigenvalue weighted by Crippen LogP contribution is 2.47. The summed E-state index contributed by atoms with van der Waals surface area (Å²) in [7, 11) is 0. The molecule has 112 valence electrons. The fraction of sp³-hybridized carbons (Fsp3) is 0.316. The van der Waals surface area contributed by atoms with Crippen molar-refractivity contribution < 1.29 is 9.84 Å². The Morgan fingerprint density at radius 1 is 1.05 bits per heavy atom. The van der Waals surface area contributed by atoms with Gasteiger partial charge < -0.3 is 9.84 Å². The summed E-state index contributed by atoms with van der Waals surface area (Å²) in [5.74, 6) is -0.292. The lowest BCUT2D eigenvalue weighted by molar-refractivity contribution is -0.163. The molecule has 1 saturated heterocycles. The van der Waals surface area contributed by atoms with Crippen molar-refractivity contribution in [2.45, 2.75) is 31.2 Å². The van der Waals surface area contributed by atoms with Crippen LogP contribution in [0.2, 0.25) is 0 Å². The third-order valence-electron chi connectivity index (χ3n) is 4.51. The second kappa shape index (κ2) is 5.92. The molecule has 0 aromatic heterocycles. The third-order valence-corrected chi connectivity index (χ3v) is 4.51. The number of benzene rings is 2. The maximum atomic E-state index is 10.8. The van der Waals surface area contributed by atoms with Gasteiger partial charge in [-0.3, -0.25) is 0 Å². The molecule has 3 nitrogen and oxygen atoms in total. The Balaban J connectivity index is 1.98. The minimum atomic E-state index is -1.39. The van der Waals surface area contributed by atoms with Crippen LogP contribution < -0.4 is 0 Å². The Labute approximate surface area is 130 Å². The van der Waals surface area contributed by atoms with E-state index in [0.29, 0.717) is 0 Å². The number of ether oxygens (including phenoxy) is 1. The van der Waals surface area contributed by atoms with Gasteiger partial charge in [0.2, 0.25) is 0 Å².